The van der Waals surface area contributed by atoms with Crippen molar-refractivity contribution in [3.8, 4) is 0 Å². The molecule has 1 amide bonds. The summed E-state index contributed by atoms with van der Waals surface area (Å²) < 4.78 is 27.7. The minimum Gasteiger partial charge on any atom is -0.467 e. The first-order valence-electron chi connectivity index (χ1n) is 7.01. The van der Waals surface area contributed by atoms with E-state index in [9.17, 15) is 18.0 Å². The number of carbonyl (C=O) groups excluding carboxylic acids is 2. The first-order chi connectivity index (χ1) is 10.5. The van der Waals surface area contributed by atoms with Crippen molar-refractivity contribution in [1.82, 2.24) is 5.32 Å². The minimum absolute atomic E-state index is 0.148. The van der Waals surface area contributed by atoms with Crippen molar-refractivity contribution in [2.45, 2.75) is 38.6 Å². The third-order valence-corrected chi connectivity index (χ3v) is 4.52. The van der Waals surface area contributed by atoms with Crippen LogP contribution >= 0.6 is 0 Å². The third-order valence-electron chi connectivity index (χ3n) is 3.62. The Morgan fingerprint density at radius 2 is 1.78 bits per heavy atom. The maximum absolute atomic E-state index is 12.5. The monoisotopic (exact) mass is 342 g/mol. The van der Waals surface area contributed by atoms with Gasteiger partial charge in [-0.05, 0) is 43.0 Å². The summed E-state index contributed by atoms with van der Waals surface area (Å²) in [5, 5.41) is 7.71. The molecule has 128 valence electrons. The fraction of sp³-hybridized carbons (Fsp3) is 0.467. The first kappa shape index (κ1) is 19.1. The fourth-order valence-corrected chi connectivity index (χ4v) is 2.69. The van der Waals surface area contributed by atoms with Gasteiger partial charge < -0.3 is 10.1 Å². The van der Waals surface area contributed by atoms with Gasteiger partial charge in [0.2, 0.25) is 10.0 Å². The van der Waals surface area contributed by atoms with Crippen molar-refractivity contribution in [2.75, 3.05) is 7.11 Å². The van der Waals surface area contributed by atoms with Crippen molar-refractivity contribution in [3.63, 3.8) is 0 Å². The largest absolute Gasteiger partial charge is 0.467 e. The highest BCUT2D eigenvalue weighted by Gasteiger charge is 2.26. The van der Waals surface area contributed by atoms with E-state index in [1.807, 2.05) is 0 Å². The number of methoxy groups -OCH3 is 1. The SMILES string of the molecule is COC(=O)[C@H](NC(=O)c1cc(S(N)(=O)=O)cc(C)c1C)C(C)C. The molecule has 3 N–H and O–H groups in total. The van der Waals surface area contributed by atoms with Crippen molar-refractivity contribution in [3.05, 3.63) is 28.8 Å². The van der Waals surface area contributed by atoms with Gasteiger partial charge in [0.25, 0.3) is 5.91 Å². The first-order valence-corrected chi connectivity index (χ1v) is 8.56. The van der Waals surface area contributed by atoms with Gasteiger partial charge >= 0.3 is 5.97 Å². The molecule has 1 rings (SSSR count). The zero-order valence-electron chi connectivity index (χ0n) is 13.8. The second-order valence-electron chi connectivity index (χ2n) is 5.68. The predicted octanol–water partition coefficient (Wildman–Crippen LogP) is 0.878. The Hall–Kier alpha value is -1.93. The molecule has 0 heterocycles. The molecule has 1 aromatic rings. The van der Waals surface area contributed by atoms with E-state index in [0.29, 0.717) is 11.1 Å². The van der Waals surface area contributed by atoms with Gasteiger partial charge in [-0.1, -0.05) is 13.8 Å². The standard InChI is InChI=1S/C15H22N2O5S/c1-8(2)13(15(19)22-5)17-14(18)12-7-11(23(16,20)21)6-9(3)10(12)4/h6-8,13H,1-5H3,(H,17,18)(H2,16,20,21)/t13-/m1/s1. The number of aryl methyl sites for hydroxylation is 1. The highest BCUT2D eigenvalue weighted by atomic mass is 32.2. The zero-order chi connectivity index (χ0) is 17.9. The molecule has 0 aromatic heterocycles. The highest BCUT2D eigenvalue weighted by Crippen LogP contribution is 2.19. The van der Waals surface area contributed by atoms with Crippen molar-refractivity contribution in [2.24, 2.45) is 11.1 Å². The molecule has 0 aliphatic heterocycles. The number of carbonyl (C=O) groups is 2. The molecule has 23 heavy (non-hydrogen) atoms. The van der Waals surface area contributed by atoms with Gasteiger partial charge in [-0.15, -0.1) is 0 Å². The summed E-state index contributed by atoms with van der Waals surface area (Å²) in [6.07, 6.45) is 0. The van der Waals surface area contributed by atoms with E-state index in [1.165, 1.54) is 19.2 Å². The van der Waals surface area contributed by atoms with Crippen LogP contribution in [0.25, 0.3) is 0 Å². The van der Waals surface area contributed by atoms with Gasteiger partial charge in [0, 0.05) is 5.56 Å². The number of rotatable bonds is 5. The molecule has 0 saturated heterocycles. The lowest BCUT2D eigenvalue weighted by Gasteiger charge is -2.21. The molecule has 0 spiro atoms. The lowest BCUT2D eigenvalue weighted by Crippen LogP contribution is -2.45. The predicted molar refractivity (Wildman–Crippen MR) is 85.4 cm³/mol. The molecule has 0 bridgehead atoms. The normalized spacial score (nSPS) is 12.8. The van der Waals surface area contributed by atoms with E-state index in [0.717, 1.165) is 0 Å². The summed E-state index contributed by atoms with van der Waals surface area (Å²) in [5.41, 5.74) is 1.38. The van der Waals surface area contributed by atoms with Crippen LogP contribution in [0, 0.1) is 19.8 Å². The second kappa shape index (κ2) is 7.10. The van der Waals surface area contributed by atoms with Crippen LogP contribution in [-0.4, -0.2) is 33.4 Å². The number of nitrogens with one attached hydrogen (secondary N) is 1. The summed E-state index contributed by atoms with van der Waals surface area (Å²) in [6, 6.07) is 1.79. The van der Waals surface area contributed by atoms with Crippen LogP contribution in [0.5, 0.6) is 0 Å². The average molecular weight is 342 g/mol. The summed E-state index contributed by atoms with van der Waals surface area (Å²) in [4.78, 5) is 24.1. The lowest BCUT2D eigenvalue weighted by atomic mass is 10.0. The molecule has 0 radical (unpaired) electrons. The van der Waals surface area contributed by atoms with E-state index >= 15 is 0 Å². The van der Waals surface area contributed by atoms with Gasteiger partial charge in [0.15, 0.2) is 0 Å². The van der Waals surface area contributed by atoms with Crippen LogP contribution in [-0.2, 0) is 19.6 Å². The number of benzene rings is 1. The van der Waals surface area contributed by atoms with E-state index in [4.69, 9.17) is 5.14 Å². The summed E-state index contributed by atoms with van der Waals surface area (Å²) in [6.45, 7) is 6.90. The molecule has 8 heteroatoms. The number of hydrogen-bond donors (Lipinski definition) is 2. The molecule has 1 atom stereocenters. The maximum atomic E-state index is 12.5. The summed E-state index contributed by atoms with van der Waals surface area (Å²) in [7, 11) is -2.70. The summed E-state index contributed by atoms with van der Waals surface area (Å²) >= 11 is 0. The van der Waals surface area contributed by atoms with Gasteiger partial charge in [0.05, 0.1) is 12.0 Å². The van der Waals surface area contributed by atoms with Crippen molar-refractivity contribution >= 4 is 21.9 Å². The van der Waals surface area contributed by atoms with Crippen LogP contribution in [0.3, 0.4) is 0 Å². The molecular weight excluding hydrogens is 320 g/mol. The fourth-order valence-electron chi connectivity index (χ4n) is 2.07. The number of ether oxygens (including phenoxy) is 1. The molecule has 7 nitrogen and oxygen atoms in total. The van der Waals surface area contributed by atoms with E-state index in [-0.39, 0.29) is 16.4 Å². The van der Waals surface area contributed by atoms with Gasteiger partial charge in [-0.3, -0.25) is 4.79 Å². The van der Waals surface area contributed by atoms with E-state index in [1.54, 1.807) is 27.7 Å². The second-order valence-corrected chi connectivity index (χ2v) is 7.24. The molecule has 0 unspecified atom stereocenters. The quantitative estimate of drug-likeness (QED) is 0.771. The molecule has 0 aliphatic rings. The molecule has 0 aliphatic carbocycles. The Balaban J connectivity index is 3.27. The molecule has 0 saturated carbocycles. The Bertz CT molecular complexity index is 726. The minimum atomic E-state index is -3.94. The molecule has 1 aromatic carbocycles. The number of esters is 1. The molecule has 0 fully saturated rings. The van der Waals surface area contributed by atoms with Crippen molar-refractivity contribution in [1.29, 1.82) is 0 Å². The van der Waals surface area contributed by atoms with Crippen LogP contribution in [0.4, 0.5) is 0 Å². The number of hydrogen-bond acceptors (Lipinski definition) is 5. The maximum Gasteiger partial charge on any atom is 0.328 e. The Morgan fingerprint density at radius 3 is 2.22 bits per heavy atom. The zero-order valence-corrected chi connectivity index (χ0v) is 14.7. The van der Waals surface area contributed by atoms with Crippen LogP contribution < -0.4 is 10.5 Å². The summed E-state index contributed by atoms with van der Waals surface area (Å²) in [5.74, 6) is -1.31. The van der Waals surface area contributed by atoms with E-state index < -0.39 is 27.9 Å². The van der Waals surface area contributed by atoms with Crippen molar-refractivity contribution < 1.29 is 22.7 Å². The van der Waals surface area contributed by atoms with Gasteiger partial charge in [-0.2, -0.15) is 0 Å². The smallest absolute Gasteiger partial charge is 0.328 e. The molecular formula is C15H22N2O5S. The number of sulfonamides is 1. The van der Waals surface area contributed by atoms with Gasteiger partial charge in [0.1, 0.15) is 6.04 Å². The third kappa shape index (κ3) is 4.52. The number of nitrogens with two attached hydrogens (primary N) is 1. The highest BCUT2D eigenvalue weighted by molar-refractivity contribution is 7.89. The van der Waals surface area contributed by atoms with Crippen LogP contribution in [0.1, 0.15) is 35.3 Å². The number of amides is 1. The topological polar surface area (TPSA) is 116 Å². The lowest BCUT2D eigenvalue weighted by molar-refractivity contribution is -0.144. The van der Waals surface area contributed by atoms with Crippen LogP contribution in [0.15, 0.2) is 17.0 Å². The number of primary sulfonamides is 1. The Morgan fingerprint density at radius 1 is 1.22 bits per heavy atom. The van der Waals surface area contributed by atoms with Crippen LogP contribution in [0.2, 0.25) is 0 Å². The average Bonchev–Trinajstić information content (AvgIpc) is 2.44. The van der Waals surface area contributed by atoms with Gasteiger partial charge in [-0.25, -0.2) is 18.4 Å². The Labute approximate surface area is 136 Å². The Kier molecular flexibility index (Phi) is 5.90. The van der Waals surface area contributed by atoms with E-state index in [2.05, 4.69) is 10.1 Å².